The molecule has 0 aliphatic carbocycles. The molecule has 0 saturated heterocycles. The average molecular weight is 220 g/mol. The number of hydrogen-bond acceptors (Lipinski definition) is 2. The molecule has 3 heteroatoms. The molecule has 16 heavy (non-hydrogen) atoms. The van der Waals surface area contributed by atoms with Gasteiger partial charge in [0.15, 0.2) is 0 Å². The first-order valence-electron chi connectivity index (χ1n) is 5.62. The Kier molecular flexibility index (Phi) is 4.05. The van der Waals surface area contributed by atoms with Crippen LogP contribution in [0.15, 0.2) is 24.5 Å². The number of aromatic nitrogens is 1. The summed E-state index contributed by atoms with van der Waals surface area (Å²) >= 11 is 0. The third-order valence-corrected chi connectivity index (χ3v) is 2.67. The molecule has 0 bridgehead atoms. The second kappa shape index (κ2) is 5.10. The minimum Gasteiger partial charge on any atom is -0.355 e. The summed E-state index contributed by atoms with van der Waals surface area (Å²) < 4.78 is 0. The van der Waals surface area contributed by atoms with Crippen molar-refractivity contribution in [2.45, 2.75) is 33.1 Å². The van der Waals surface area contributed by atoms with Crippen molar-refractivity contribution in [1.29, 1.82) is 0 Å². The quantitative estimate of drug-likeness (QED) is 0.844. The van der Waals surface area contributed by atoms with Crippen molar-refractivity contribution >= 4 is 5.91 Å². The van der Waals surface area contributed by atoms with E-state index in [0.717, 1.165) is 5.56 Å². The van der Waals surface area contributed by atoms with Crippen LogP contribution in [-0.2, 0) is 10.2 Å². The Morgan fingerprint density at radius 3 is 2.69 bits per heavy atom. The number of nitrogens with one attached hydrogen (secondary N) is 1. The number of nitrogens with zero attached hydrogens (tertiary/aromatic N) is 1. The highest BCUT2D eigenvalue weighted by atomic mass is 16.1. The van der Waals surface area contributed by atoms with Crippen LogP contribution >= 0.6 is 0 Å². The van der Waals surface area contributed by atoms with Crippen molar-refractivity contribution in [3.05, 3.63) is 30.1 Å². The lowest BCUT2D eigenvalue weighted by Gasteiger charge is -2.25. The van der Waals surface area contributed by atoms with E-state index in [4.69, 9.17) is 0 Å². The summed E-state index contributed by atoms with van der Waals surface area (Å²) in [5, 5.41) is 2.95. The second-order valence-corrected chi connectivity index (χ2v) is 5.00. The molecule has 0 saturated carbocycles. The van der Waals surface area contributed by atoms with Crippen molar-refractivity contribution < 1.29 is 4.79 Å². The molecule has 0 atom stereocenters. The molecule has 1 amide bonds. The molecule has 88 valence electrons. The molecular formula is C13H20N2O. The van der Waals surface area contributed by atoms with E-state index < -0.39 is 0 Å². The van der Waals surface area contributed by atoms with Gasteiger partial charge in [-0.25, -0.2) is 0 Å². The monoisotopic (exact) mass is 220 g/mol. The van der Waals surface area contributed by atoms with Crippen molar-refractivity contribution in [3.8, 4) is 0 Å². The van der Waals surface area contributed by atoms with E-state index in [1.165, 1.54) is 0 Å². The number of pyridine rings is 1. The Morgan fingerprint density at radius 2 is 2.19 bits per heavy atom. The van der Waals surface area contributed by atoms with Crippen molar-refractivity contribution in [1.82, 2.24) is 10.3 Å². The third kappa shape index (κ3) is 3.33. The van der Waals surface area contributed by atoms with Gasteiger partial charge in [0.1, 0.15) is 0 Å². The fraction of sp³-hybridized carbons (Fsp3) is 0.538. The Bertz CT molecular complexity index is 344. The predicted molar refractivity (Wildman–Crippen MR) is 65.1 cm³/mol. The maximum atomic E-state index is 11.5. The first-order valence-corrected chi connectivity index (χ1v) is 5.62. The summed E-state index contributed by atoms with van der Waals surface area (Å²) in [6, 6.07) is 3.95. The van der Waals surface area contributed by atoms with Gasteiger partial charge in [0.05, 0.1) is 0 Å². The second-order valence-electron chi connectivity index (χ2n) is 5.00. The van der Waals surface area contributed by atoms with Crippen LogP contribution < -0.4 is 5.32 Å². The van der Waals surface area contributed by atoms with Crippen LogP contribution in [-0.4, -0.2) is 17.4 Å². The van der Waals surface area contributed by atoms with Crippen LogP contribution in [0.3, 0.4) is 0 Å². The number of amides is 1. The molecule has 1 heterocycles. The van der Waals surface area contributed by atoms with Gasteiger partial charge in [-0.3, -0.25) is 9.78 Å². The number of rotatable bonds is 4. The van der Waals surface area contributed by atoms with E-state index in [9.17, 15) is 4.79 Å². The summed E-state index contributed by atoms with van der Waals surface area (Å²) in [7, 11) is 0. The van der Waals surface area contributed by atoms with Gasteiger partial charge in [-0.05, 0) is 11.6 Å². The van der Waals surface area contributed by atoms with Gasteiger partial charge >= 0.3 is 0 Å². The Morgan fingerprint density at radius 1 is 1.50 bits per heavy atom. The average Bonchev–Trinajstić information content (AvgIpc) is 2.27. The molecule has 3 nitrogen and oxygen atoms in total. The van der Waals surface area contributed by atoms with E-state index in [2.05, 4.69) is 24.1 Å². The van der Waals surface area contributed by atoms with E-state index >= 15 is 0 Å². The maximum Gasteiger partial charge on any atom is 0.222 e. The Hall–Kier alpha value is -1.38. The third-order valence-electron chi connectivity index (χ3n) is 2.67. The minimum atomic E-state index is -0.0845. The summed E-state index contributed by atoms with van der Waals surface area (Å²) in [6.07, 6.45) is 3.60. The number of carbonyl (C=O) groups excluding carboxylic acids is 1. The SMILES string of the molecule is CC(C)C(=O)NCC(C)(C)c1cccnc1. The van der Waals surface area contributed by atoms with Crippen molar-refractivity contribution in [2.75, 3.05) is 6.54 Å². The van der Waals surface area contributed by atoms with Gasteiger partial charge in [0.2, 0.25) is 5.91 Å². The maximum absolute atomic E-state index is 11.5. The highest BCUT2D eigenvalue weighted by molar-refractivity contribution is 5.77. The molecule has 0 aliphatic heterocycles. The fourth-order valence-electron chi connectivity index (χ4n) is 1.38. The Labute approximate surface area is 97.3 Å². The molecular weight excluding hydrogens is 200 g/mol. The van der Waals surface area contributed by atoms with Crippen molar-refractivity contribution in [3.63, 3.8) is 0 Å². The molecule has 1 aromatic heterocycles. The van der Waals surface area contributed by atoms with Crippen LogP contribution in [0.1, 0.15) is 33.3 Å². The molecule has 1 aromatic rings. The Balaban J connectivity index is 2.63. The van der Waals surface area contributed by atoms with Gasteiger partial charge in [-0.2, -0.15) is 0 Å². The predicted octanol–water partition coefficient (Wildman–Crippen LogP) is 2.13. The zero-order valence-corrected chi connectivity index (χ0v) is 10.4. The number of hydrogen-bond donors (Lipinski definition) is 1. The molecule has 0 radical (unpaired) electrons. The first-order chi connectivity index (χ1) is 7.43. The molecule has 0 fully saturated rings. The van der Waals surface area contributed by atoms with Crippen LogP contribution in [0.4, 0.5) is 0 Å². The van der Waals surface area contributed by atoms with Crippen LogP contribution in [0.25, 0.3) is 0 Å². The van der Waals surface area contributed by atoms with Crippen LogP contribution in [0.2, 0.25) is 0 Å². The first kappa shape index (κ1) is 12.7. The molecule has 0 spiro atoms. The number of carbonyl (C=O) groups is 1. The summed E-state index contributed by atoms with van der Waals surface area (Å²) in [5.74, 6) is 0.127. The zero-order chi connectivity index (χ0) is 12.2. The molecule has 0 aliphatic rings. The van der Waals surface area contributed by atoms with Crippen LogP contribution in [0.5, 0.6) is 0 Å². The highest BCUT2D eigenvalue weighted by Crippen LogP contribution is 2.20. The zero-order valence-electron chi connectivity index (χ0n) is 10.4. The topological polar surface area (TPSA) is 42.0 Å². The summed E-state index contributed by atoms with van der Waals surface area (Å²) in [6.45, 7) is 8.63. The molecule has 1 N–H and O–H groups in total. The lowest BCUT2D eigenvalue weighted by Crippen LogP contribution is -2.38. The van der Waals surface area contributed by atoms with Crippen molar-refractivity contribution in [2.24, 2.45) is 5.92 Å². The molecule has 0 aromatic carbocycles. The lowest BCUT2D eigenvalue weighted by atomic mass is 9.85. The van der Waals surface area contributed by atoms with E-state index in [1.54, 1.807) is 6.20 Å². The van der Waals surface area contributed by atoms with Gasteiger partial charge in [-0.1, -0.05) is 33.8 Å². The van der Waals surface area contributed by atoms with E-state index in [-0.39, 0.29) is 17.2 Å². The van der Waals surface area contributed by atoms with Gasteiger partial charge in [-0.15, -0.1) is 0 Å². The standard InChI is InChI=1S/C13H20N2O/c1-10(2)12(16)15-9-13(3,4)11-6-5-7-14-8-11/h5-8,10H,9H2,1-4H3,(H,15,16). The molecule has 1 rings (SSSR count). The van der Waals surface area contributed by atoms with E-state index in [1.807, 2.05) is 32.2 Å². The van der Waals surface area contributed by atoms with Gasteiger partial charge < -0.3 is 5.32 Å². The normalized spacial score (nSPS) is 11.6. The largest absolute Gasteiger partial charge is 0.355 e. The highest BCUT2D eigenvalue weighted by Gasteiger charge is 2.21. The minimum absolute atomic E-state index is 0.0321. The smallest absolute Gasteiger partial charge is 0.222 e. The summed E-state index contributed by atoms with van der Waals surface area (Å²) in [4.78, 5) is 15.6. The van der Waals surface area contributed by atoms with Gasteiger partial charge in [0, 0.05) is 30.3 Å². The lowest BCUT2D eigenvalue weighted by molar-refractivity contribution is -0.124. The molecule has 0 unspecified atom stereocenters. The summed E-state index contributed by atoms with van der Waals surface area (Å²) in [5.41, 5.74) is 1.05. The van der Waals surface area contributed by atoms with Crippen LogP contribution in [0, 0.1) is 5.92 Å². The van der Waals surface area contributed by atoms with Gasteiger partial charge in [0.25, 0.3) is 0 Å². The van der Waals surface area contributed by atoms with E-state index in [0.29, 0.717) is 6.54 Å². The fourth-order valence-corrected chi connectivity index (χ4v) is 1.38.